The first-order valence-corrected chi connectivity index (χ1v) is 8.14. The van der Waals surface area contributed by atoms with Crippen molar-refractivity contribution in [3.8, 4) is 0 Å². The predicted octanol–water partition coefficient (Wildman–Crippen LogP) is 0.672. The molecule has 21 heavy (non-hydrogen) atoms. The van der Waals surface area contributed by atoms with Crippen molar-refractivity contribution in [1.82, 2.24) is 10.0 Å². The molecule has 3 N–H and O–H groups in total. The fraction of sp³-hybridized carbons (Fsp3) is 0.462. The van der Waals surface area contributed by atoms with Crippen molar-refractivity contribution in [2.45, 2.75) is 17.7 Å². The second-order valence-corrected chi connectivity index (χ2v) is 6.84. The van der Waals surface area contributed by atoms with Crippen molar-refractivity contribution in [2.24, 2.45) is 5.92 Å². The van der Waals surface area contributed by atoms with Gasteiger partial charge in [0.1, 0.15) is 5.82 Å². The van der Waals surface area contributed by atoms with Crippen molar-refractivity contribution in [3.05, 3.63) is 24.0 Å². The summed E-state index contributed by atoms with van der Waals surface area (Å²) in [5.74, 6) is -0.355. The van der Waals surface area contributed by atoms with E-state index >= 15 is 0 Å². The van der Waals surface area contributed by atoms with Gasteiger partial charge >= 0.3 is 0 Å². The first kappa shape index (κ1) is 15.7. The molecule has 1 aromatic carbocycles. The minimum Gasteiger partial charge on any atom is -0.374 e. The number of hydrogen-bond donors (Lipinski definition) is 3. The van der Waals surface area contributed by atoms with E-state index in [-0.39, 0.29) is 23.0 Å². The van der Waals surface area contributed by atoms with Gasteiger partial charge in [-0.05, 0) is 44.0 Å². The summed E-state index contributed by atoms with van der Waals surface area (Å²) in [6, 6.07) is 3.49. The maximum absolute atomic E-state index is 13.8. The van der Waals surface area contributed by atoms with Crippen LogP contribution in [0.1, 0.15) is 12.8 Å². The van der Waals surface area contributed by atoms with Crippen LogP contribution >= 0.6 is 0 Å². The molecule has 0 bridgehead atoms. The van der Waals surface area contributed by atoms with Crippen LogP contribution in [0.15, 0.2) is 23.1 Å². The first-order valence-electron chi connectivity index (χ1n) is 6.66. The van der Waals surface area contributed by atoms with E-state index in [9.17, 15) is 17.6 Å². The van der Waals surface area contributed by atoms with Crippen LogP contribution in [-0.2, 0) is 14.8 Å². The van der Waals surface area contributed by atoms with E-state index in [0.29, 0.717) is 12.5 Å². The van der Waals surface area contributed by atoms with Crippen LogP contribution < -0.4 is 15.4 Å². The summed E-state index contributed by atoms with van der Waals surface area (Å²) in [6.45, 7) is 0.601. The number of rotatable bonds is 7. The average molecular weight is 315 g/mol. The number of anilines is 1. The van der Waals surface area contributed by atoms with Gasteiger partial charge in [-0.2, -0.15) is 0 Å². The summed E-state index contributed by atoms with van der Waals surface area (Å²) < 4.78 is 39.0. The van der Waals surface area contributed by atoms with Crippen LogP contribution in [0.2, 0.25) is 0 Å². The predicted molar refractivity (Wildman–Crippen MR) is 76.9 cm³/mol. The van der Waals surface area contributed by atoms with Gasteiger partial charge < -0.3 is 10.6 Å². The number of halogens is 1. The molecule has 0 heterocycles. The van der Waals surface area contributed by atoms with Crippen LogP contribution in [0, 0.1) is 11.7 Å². The van der Waals surface area contributed by atoms with Gasteiger partial charge in [0.2, 0.25) is 15.9 Å². The van der Waals surface area contributed by atoms with Crippen LogP contribution in [0.25, 0.3) is 0 Å². The van der Waals surface area contributed by atoms with Crippen molar-refractivity contribution >= 4 is 21.6 Å². The number of hydrogen-bond acceptors (Lipinski definition) is 4. The third-order valence-electron chi connectivity index (χ3n) is 3.24. The maximum atomic E-state index is 13.8. The van der Waals surface area contributed by atoms with E-state index in [1.807, 2.05) is 0 Å². The van der Waals surface area contributed by atoms with Crippen LogP contribution in [0.3, 0.4) is 0 Å². The molecular weight excluding hydrogens is 297 g/mol. The van der Waals surface area contributed by atoms with Crippen LogP contribution in [-0.4, -0.2) is 34.5 Å². The molecule has 0 radical (unpaired) electrons. The molecule has 0 aliphatic heterocycles. The zero-order valence-corrected chi connectivity index (χ0v) is 12.5. The average Bonchev–Trinajstić information content (AvgIpc) is 3.27. The molecule has 1 amide bonds. The van der Waals surface area contributed by atoms with Gasteiger partial charge in [0.15, 0.2) is 0 Å². The lowest BCUT2D eigenvalue weighted by Crippen LogP contribution is -2.31. The summed E-state index contributed by atoms with van der Waals surface area (Å²) >= 11 is 0. The number of carbonyl (C=O) groups excluding carboxylic acids is 1. The van der Waals surface area contributed by atoms with E-state index in [2.05, 4.69) is 15.4 Å². The SMILES string of the molecule is CNS(=O)(=O)c1ccc(NCC(=O)NCC2CC2)c(F)c1. The van der Waals surface area contributed by atoms with Gasteiger partial charge in [0, 0.05) is 6.54 Å². The van der Waals surface area contributed by atoms with E-state index in [4.69, 9.17) is 0 Å². The van der Waals surface area contributed by atoms with Crippen LogP contribution in [0.5, 0.6) is 0 Å². The van der Waals surface area contributed by atoms with E-state index < -0.39 is 15.8 Å². The molecule has 1 aromatic rings. The highest BCUT2D eigenvalue weighted by molar-refractivity contribution is 7.89. The minimum absolute atomic E-state index is 0.0538. The molecule has 0 aromatic heterocycles. The Balaban J connectivity index is 1.92. The van der Waals surface area contributed by atoms with Crippen LogP contribution in [0.4, 0.5) is 10.1 Å². The summed E-state index contributed by atoms with van der Waals surface area (Å²) in [7, 11) is -2.42. The van der Waals surface area contributed by atoms with Crippen molar-refractivity contribution in [3.63, 3.8) is 0 Å². The summed E-state index contributed by atoms with van der Waals surface area (Å²) in [5.41, 5.74) is 0.0895. The quantitative estimate of drug-likeness (QED) is 0.690. The molecule has 0 spiro atoms. The smallest absolute Gasteiger partial charge is 0.240 e. The molecular formula is C13H18FN3O3S. The Morgan fingerprint density at radius 2 is 2.10 bits per heavy atom. The molecule has 6 nitrogen and oxygen atoms in total. The maximum Gasteiger partial charge on any atom is 0.240 e. The lowest BCUT2D eigenvalue weighted by Gasteiger charge is -2.09. The van der Waals surface area contributed by atoms with Crippen molar-refractivity contribution in [1.29, 1.82) is 0 Å². The van der Waals surface area contributed by atoms with Gasteiger partial charge in [0.05, 0.1) is 17.1 Å². The van der Waals surface area contributed by atoms with Gasteiger partial charge in [-0.15, -0.1) is 0 Å². The number of carbonyl (C=O) groups is 1. The highest BCUT2D eigenvalue weighted by Crippen LogP contribution is 2.27. The Morgan fingerprint density at radius 3 is 2.67 bits per heavy atom. The van der Waals surface area contributed by atoms with E-state index in [1.54, 1.807) is 0 Å². The fourth-order valence-corrected chi connectivity index (χ4v) is 2.48. The highest BCUT2D eigenvalue weighted by atomic mass is 32.2. The lowest BCUT2D eigenvalue weighted by atomic mass is 10.3. The molecule has 1 aliphatic rings. The molecule has 0 unspecified atom stereocenters. The molecule has 0 saturated heterocycles. The van der Waals surface area contributed by atoms with Gasteiger partial charge in [0.25, 0.3) is 0 Å². The molecule has 0 atom stereocenters. The van der Waals surface area contributed by atoms with E-state index in [1.165, 1.54) is 19.2 Å². The molecule has 1 saturated carbocycles. The second kappa shape index (κ2) is 6.40. The molecule has 1 aliphatic carbocycles. The topological polar surface area (TPSA) is 87.3 Å². The Kier molecular flexibility index (Phi) is 4.79. The lowest BCUT2D eigenvalue weighted by molar-refractivity contribution is -0.119. The van der Waals surface area contributed by atoms with Gasteiger partial charge in [-0.25, -0.2) is 17.5 Å². The molecule has 1 fully saturated rings. The number of nitrogens with one attached hydrogen (secondary N) is 3. The molecule has 8 heteroatoms. The standard InChI is InChI=1S/C13H18FN3O3S/c1-15-21(19,20)10-4-5-12(11(14)6-10)16-8-13(18)17-7-9-2-3-9/h4-6,9,15-16H,2-3,7-8H2,1H3,(H,17,18). The third kappa shape index (κ3) is 4.40. The Morgan fingerprint density at radius 1 is 1.38 bits per heavy atom. The van der Waals surface area contributed by atoms with Crippen molar-refractivity contribution < 1.29 is 17.6 Å². The van der Waals surface area contributed by atoms with Crippen molar-refractivity contribution in [2.75, 3.05) is 25.5 Å². The first-order chi connectivity index (χ1) is 9.92. The zero-order valence-electron chi connectivity index (χ0n) is 11.6. The van der Waals surface area contributed by atoms with Gasteiger partial charge in [-0.1, -0.05) is 0 Å². The normalized spacial score (nSPS) is 14.8. The van der Waals surface area contributed by atoms with Gasteiger partial charge in [-0.3, -0.25) is 4.79 Å². The Hall–Kier alpha value is -1.67. The fourth-order valence-electron chi connectivity index (χ4n) is 1.74. The number of sulfonamides is 1. The Labute approximate surface area is 123 Å². The molecule has 2 rings (SSSR count). The second-order valence-electron chi connectivity index (χ2n) is 4.95. The van der Waals surface area contributed by atoms with E-state index in [0.717, 1.165) is 18.9 Å². The largest absolute Gasteiger partial charge is 0.374 e. The summed E-state index contributed by atoms with van der Waals surface area (Å²) in [6.07, 6.45) is 2.29. The summed E-state index contributed by atoms with van der Waals surface area (Å²) in [4.78, 5) is 11.4. The highest BCUT2D eigenvalue weighted by Gasteiger charge is 2.21. The monoisotopic (exact) mass is 315 g/mol. The Bertz CT molecular complexity index is 630. The minimum atomic E-state index is -3.68. The zero-order chi connectivity index (χ0) is 15.5. The molecule has 116 valence electrons. The number of benzene rings is 1. The summed E-state index contributed by atoms with van der Waals surface area (Å²) in [5, 5.41) is 5.40. The number of amides is 1. The third-order valence-corrected chi connectivity index (χ3v) is 4.66.